The van der Waals surface area contributed by atoms with Gasteiger partial charge in [-0.05, 0) is 38.1 Å². The van der Waals surface area contributed by atoms with E-state index in [0.717, 1.165) is 11.1 Å². The number of ether oxygens (including phenoxy) is 1. The highest BCUT2D eigenvalue weighted by atomic mass is 32.2. The molecule has 0 bridgehead atoms. The van der Waals surface area contributed by atoms with Gasteiger partial charge >= 0.3 is 0 Å². The minimum absolute atomic E-state index is 0.197. The maximum absolute atomic E-state index is 12.9. The van der Waals surface area contributed by atoms with E-state index in [0.29, 0.717) is 24.6 Å². The van der Waals surface area contributed by atoms with Crippen molar-refractivity contribution in [3.8, 4) is 0 Å². The van der Waals surface area contributed by atoms with E-state index in [2.05, 4.69) is 5.32 Å². The summed E-state index contributed by atoms with van der Waals surface area (Å²) in [7, 11) is -0.0925. The van der Waals surface area contributed by atoms with Gasteiger partial charge in [0.2, 0.25) is 10.0 Å². The quantitative estimate of drug-likeness (QED) is 0.794. The fourth-order valence-electron chi connectivity index (χ4n) is 2.49. The van der Waals surface area contributed by atoms with Crippen LogP contribution in [-0.4, -0.2) is 46.1 Å². The third-order valence-electron chi connectivity index (χ3n) is 3.56. The highest BCUT2D eigenvalue weighted by molar-refractivity contribution is 7.89. The Labute approximate surface area is 128 Å². The smallest absolute Gasteiger partial charge is 0.243 e. The van der Waals surface area contributed by atoms with Crippen molar-refractivity contribution in [2.24, 2.45) is 0 Å². The molecule has 1 aromatic carbocycles. The van der Waals surface area contributed by atoms with Crippen molar-refractivity contribution in [1.82, 2.24) is 9.62 Å². The Balaban J connectivity index is 3.26. The summed E-state index contributed by atoms with van der Waals surface area (Å²) in [6.45, 7) is 7.00. The predicted molar refractivity (Wildman–Crippen MR) is 84.8 cm³/mol. The number of benzene rings is 1. The van der Waals surface area contributed by atoms with Crippen molar-refractivity contribution in [2.45, 2.75) is 38.3 Å². The van der Waals surface area contributed by atoms with E-state index in [-0.39, 0.29) is 6.04 Å². The fourth-order valence-corrected chi connectivity index (χ4v) is 4.39. The molecule has 0 spiro atoms. The van der Waals surface area contributed by atoms with Crippen LogP contribution < -0.4 is 5.32 Å². The average molecular weight is 314 g/mol. The van der Waals surface area contributed by atoms with Crippen LogP contribution in [0.2, 0.25) is 0 Å². The molecule has 21 heavy (non-hydrogen) atoms. The van der Waals surface area contributed by atoms with Crippen LogP contribution in [0.5, 0.6) is 0 Å². The normalized spacial score (nSPS) is 13.6. The summed E-state index contributed by atoms with van der Waals surface area (Å²) in [5, 5.41) is 3.06. The van der Waals surface area contributed by atoms with Crippen LogP contribution in [0.3, 0.4) is 0 Å². The number of nitrogens with one attached hydrogen (secondary N) is 1. The largest absolute Gasteiger partial charge is 0.383 e. The molecule has 1 atom stereocenters. The number of rotatable bonds is 8. The number of methoxy groups -OCH3 is 1. The molecule has 0 aliphatic heterocycles. The highest BCUT2D eigenvalue weighted by Gasteiger charge is 2.29. The topological polar surface area (TPSA) is 58.6 Å². The first kappa shape index (κ1) is 18.1. The molecule has 6 heteroatoms. The zero-order valence-corrected chi connectivity index (χ0v) is 14.3. The summed E-state index contributed by atoms with van der Waals surface area (Å²) in [6.07, 6.45) is 0. The summed E-state index contributed by atoms with van der Waals surface area (Å²) < 4.78 is 32.4. The van der Waals surface area contributed by atoms with Crippen molar-refractivity contribution in [3.63, 3.8) is 0 Å². The molecular weight excluding hydrogens is 288 g/mol. The van der Waals surface area contributed by atoms with Gasteiger partial charge in [0, 0.05) is 26.2 Å². The van der Waals surface area contributed by atoms with Gasteiger partial charge < -0.3 is 10.1 Å². The summed E-state index contributed by atoms with van der Waals surface area (Å²) in [5.74, 6) is 0. The molecule has 0 amide bonds. The zero-order chi connectivity index (χ0) is 16.0. The number of nitrogens with zero attached hydrogens (tertiary/aromatic N) is 1. The Kier molecular flexibility index (Phi) is 6.80. The molecule has 5 nitrogen and oxygen atoms in total. The van der Waals surface area contributed by atoms with E-state index in [1.54, 1.807) is 19.2 Å². The molecule has 1 unspecified atom stereocenters. The summed E-state index contributed by atoms with van der Waals surface area (Å²) >= 11 is 0. The second-order valence-electron chi connectivity index (χ2n) is 5.08. The second kappa shape index (κ2) is 7.89. The van der Waals surface area contributed by atoms with Crippen LogP contribution in [0.4, 0.5) is 0 Å². The third kappa shape index (κ3) is 4.03. The van der Waals surface area contributed by atoms with Gasteiger partial charge in [-0.25, -0.2) is 8.42 Å². The Hall–Kier alpha value is -0.950. The van der Waals surface area contributed by atoms with E-state index in [1.165, 1.54) is 4.31 Å². The number of hydrogen-bond acceptors (Lipinski definition) is 4. The van der Waals surface area contributed by atoms with Gasteiger partial charge in [0.15, 0.2) is 0 Å². The number of sulfonamides is 1. The average Bonchev–Trinajstić information content (AvgIpc) is 2.42. The van der Waals surface area contributed by atoms with E-state index < -0.39 is 10.0 Å². The Morgan fingerprint density at radius 1 is 1.38 bits per heavy atom. The zero-order valence-electron chi connectivity index (χ0n) is 13.5. The Morgan fingerprint density at radius 3 is 2.57 bits per heavy atom. The fraction of sp³-hybridized carbons (Fsp3) is 0.600. The van der Waals surface area contributed by atoms with Gasteiger partial charge in [-0.1, -0.05) is 19.1 Å². The van der Waals surface area contributed by atoms with Gasteiger partial charge in [-0.2, -0.15) is 4.31 Å². The number of hydrogen-bond donors (Lipinski definition) is 1. The van der Waals surface area contributed by atoms with E-state index >= 15 is 0 Å². The maximum atomic E-state index is 12.9. The maximum Gasteiger partial charge on any atom is 0.243 e. The molecule has 0 aliphatic rings. The van der Waals surface area contributed by atoms with Crippen molar-refractivity contribution in [1.29, 1.82) is 0 Å². The molecule has 0 radical (unpaired) electrons. The first-order chi connectivity index (χ1) is 9.89. The monoisotopic (exact) mass is 314 g/mol. The second-order valence-corrected chi connectivity index (χ2v) is 6.94. The van der Waals surface area contributed by atoms with Gasteiger partial charge in [-0.3, -0.25) is 0 Å². The molecule has 1 N–H and O–H groups in total. The van der Waals surface area contributed by atoms with Gasteiger partial charge in [0.25, 0.3) is 0 Å². The first-order valence-electron chi connectivity index (χ1n) is 7.14. The van der Waals surface area contributed by atoms with Crippen LogP contribution in [0, 0.1) is 6.92 Å². The molecule has 0 aromatic heterocycles. The minimum Gasteiger partial charge on any atom is -0.383 e. The van der Waals surface area contributed by atoms with Crippen LogP contribution in [0.1, 0.15) is 25.0 Å². The Morgan fingerprint density at radius 2 is 2.05 bits per heavy atom. The van der Waals surface area contributed by atoms with Crippen LogP contribution in [0.25, 0.3) is 0 Å². The first-order valence-corrected chi connectivity index (χ1v) is 8.58. The molecule has 1 aromatic rings. The molecule has 0 fully saturated rings. The lowest BCUT2D eigenvalue weighted by Gasteiger charge is -2.27. The van der Waals surface area contributed by atoms with Gasteiger partial charge in [-0.15, -0.1) is 0 Å². The van der Waals surface area contributed by atoms with Crippen molar-refractivity contribution in [3.05, 3.63) is 29.3 Å². The lowest BCUT2D eigenvalue weighted by molar-refractivity contribution is 0.142. The summed E-state index contributed by atoms with van der Waals surface area (Å²) in [5.41, 5.74) is 1.80. The van der Waals surface area contributed by atoms with Crippen LogP contribution in [-0.2, 0) is 21.3 Å². The summed E-state index contributed by atoms with van der Waals surface area (Å²) in [4.78, 5) is 0.375. The number of likely N-dealkylation sites (N-methyl/N-ethyl adjacent to an activating group) is 1. The Bertz CT molecular complexity index is 558. The minimum atomic E-state index is -3.52. The van der Waals surface area contributed by atoms with Gasteiger partial charge in [0.1, 0.15) is 0 Å². The summed E-state index contributed by atoms with van der Waals surface area (Å²) in [6, 6.07) is 5.21. The predicted octanol–water partition coefficient (Wildman–Crippen LogP) is 1.76. The molecule has 0 heterocycles. The molecule has 0 saturated carbocycles. The molecule has 0 saturated heterocycles. The standard InChI is InChI=1S/C15H26N2O3S/c1-6-17(12(2)11-20-5)21(18,19)15-9-7-8-14(10-16-4)13(15)3/h7-9,12,16H,6,10-11H2,1-5H3. The van der Waals surface area contributed by atoms with Crippen molar-refractivity contribution < 1.29 is 13.2 Å². The van der Waals surface area contributed by atoms with Crippen LogP contribution >= 0.6 is 0 Å². The van der Waals surface area contributed by atoms with E-state index in [9.17, 15) is 8.42 Å². The van der Waals surface area contributed by atoms with E-state index in [1.807, 2.05) is 33.9 Å². The molecule has 1 rings (SSSR count). The van der Waals surface area contributed by atoms with E-state index in [4.69, 9.17) is 4.74 Å². The third-order valence-corrected chi connectivity index (χ3v) is 5.79. The lowest BCUT2D eigenvalue weighted by Crippen LogP contribution is -2.41. The van der Waals surface area contributed by atoms with Crippen molar-refractivity contribution in [2.75, 3.05) is 27.3 Å². The SMILES string of the molecule is CCN(C(C)COC)S(=O)(=O)c1cccc(CNC)c1C. The van der Waals surface area contributed by atoms with Crippen molar-refractivity contribution >= 4 is 10.0 Å². The highest BCUT2D eigenvalue weighted by Crippen LogP contribution is 2.24. The van der Waals surface area contributed by atoms with Crippen LogP contribution in [0.15, 0.2) is 23.1 Å². The molecule has 0 aliphatic carbocycles. The lowest BCUT2D eigenvalue weighted by atomic mass is 10.1. The molecular formula is C15H26N2O3S. The molecule has 120 valence electrons. The van der Waals surface area contributed by atoms with Gasteiger partial charge in [0.05, 0.1) is 11.5 Å².